The summed E-state index contributed by atoms with van der Waals surface area (Å²) < 4.78 is 10.8. The van der Waals surface area contributed by atoms with Gasteiger partial charge in [0.05, 0.1) is 19.9 Å². The second-order valence-corrected chi connectivity index (χ2v) is 7.95. The first-order valence-electron chi connectivity index (χ1n) is 10.6. The molecule has 0 aromatic heterocycles. The lowest BCUT2D eigenvalue weighted by Gasteiger charge is -2.40. The summed E-state index contributed by atoms with van der Waals surface area (Å²) in [7, 11) is 7.00. The van der Waals surface area contributed by atoms with Gasteiger partial charge in [0, 0.05) is 31.5 Å². The summed E-state index contributed by atoms with van der Waals surface area (Å²) in [5, 5.41) is 0. The Hall–Kier alpha value is -4.00. The van der Waals surface area contributed by atoms with Gasteiger partial charge in [-0.2, -0.15) is 0 Å². The van der Waals surface area contributed by atoms with Crippen molar-refractivity contribution in [2.75, 3.05) is 49.6 Å². The van der Waals surface area contributed by atoms with Gasteiger partial charge in [-0.25, -0.2) is 0 Å². The molecule has 0 aliphatic carbocycles. The SMILES string of the molecule is COc1ccc(OC)c(N2CC(=O)N(c3ccccc3)C(c3ccc(N(C)C)cc3)C2=O)c1. The summed E-state index contributed by atoms with van der Waals surface area (Å²) >= 11 is 0. The topological polar surface area (TPSA) is 62.3 Å². The van der Waals surface area contributed by atoms with E-state index in [-0.39, 0.29) is 18.4 Å². The van der Waals surface area contributed by atoms with Gasteiger partial charge in [0.25, 0.3) is 5.91 Å². The van der Waals surface area contributed by atoms with E-state index in [1.54, 1.807) is 30.2 Å². The van der Waals surface area contributed by atoms with E-state index in [1.165, 1.54) is 12.0 Å². The number of carbonyl (C=O) groups excluding carboxylic acids is 2. The molecule has 1 aliphatic heterocycles. The normalized spacial score (nSPS) is 16.1. The van der Waals surface area contributed by atoms with Crippen molar-refractivity contribution >= 4 is 28.9 Å². The summed E-state index contributed by atoms with van der Waals surface area (Å²) in [6.07, 6.45) is 0. The number of nitrogens with zero attached hydrogens (tertiary/aromatic N) is 3. The van der Waals surface area contributed by atoms with Crippen molar-refractivity contribution in [3.8, 4) is 11.5 Å². The molecule has 1 fully saturated rings. The molecule has 170 valence electrons. The Bertz CT molecular complexity index is 1150. The minimum atomic E-state index is -0.819. The van der Waals surface area contributed by atoms with E-state index < -0.39 is 6.04 Å². The standard InChI is InChI=1S/C26H27N3O4/c1-27(2)19-12-10-18(11-13-19)25-26(31)28(22-16-21(32-3)14-15-23(22)33-4)17-24(30)29(25)20-8-6-5-7-9-20/h5-16,25H,17H2,1-4H3. The highest BCUT2D eigenvalue weighted by Crippen LogP contribution is 2.39. The summed E-state index contributed by atoms with van der Waals surface area (Å²) in [5.74, 6) is 0.658. The van der Waals surface area contributed by atoms with E-state index in [1.807, 2.05) is 73.6 Å². The van der Waals surface area contributed by atoms with Gasteiger partial charge in [0.2, 0.25) is 5.91 Å². The van der Waals surface area contributed by atoms with E-state index in [0.717, 1.165) is 11.3 Å². The van der Waals surface area contributed by atoms with E-state index in [0.29, 0.717) is 22.9 Å². The molecule has 7 nitrogen and oxygen atoms in total. The summed E-state index contributed by atoms with van der Waals surface area (Å²) in [6, 6.07) is 21.4. The number of rotatable bonds is 6. The molecule has 7 heteroatoms. The molecule has 33 heavy (non-hydrogen) atoms. The zero-order valence-corrected chi connectivity index (χ0v) is 19.2. The predicted octanol–water partition coefficient (Wildman–Crippen LogP) is 3.89. The highest BCUT2D eigenvalue weighted by molar-refractivity contribution is 6.15. The molecule has 1 unspecified atom stereocenters. The van der Waals surface area contributed by atoms with Crippen LogP contribution in [-0.4, -0.2) is 46.7 Å². The molecule has 4 rings (SSSR count). The zero-order chi connectivity index (χ0) is 23.5. The first-order valence-corrected chi connectivity index (χ1v) is 10.6. The number of para-hydroxylation sites is 1. The Kier molecular flexibility index (Phi) is 6.22. The highest BCUT2D eigenvalue weighted by atomic mass is 16.5. The Morgan fingerprint density at radius 1 is 0.879 bits per heavy atom. The van der Waals surface area contributed by atoms with E-state index in [2.05, 4.69) is 0 Å². The van der Waals surface area contributed by atoms with Crippen molar-refractivity contribution in [1.29, 1.82) is 0 Å². The zero-order valence-electron chi connectivity index (χ0n) is 19.2. The van der Waals surface area contributed by atoms with Crippen molar-refractivity contribution in [2.24, 2.45) is 0 Å². The van der Waals surface area contributed by atoms with Gasteiger partial charge in [-0.05, 0) is 42.0 Å². The maximum absolute atomic E-state index is 14.0. The van der Waals surface area contributed by atoms with Crippen molar-refractivity contribution in [1.82, 2.24) is 0 Å². The van der Waals surface area contributed by atoms with Crippen LogP contribution in [0.3, 0.4) is 0 Å². The van der Waals surface area contributed by atoms with E-state index in [9.17, 15) is 9.59 Å². The fourth-order valence-electron chi connectivity index (χ4n) is 4.03. The number of carbonyl (C=O) groups is 2. The van der Waals surface area contributed by atoms with Crippen LogP contribution in [0.2, 0.25) is 0 Å². The van der Waals surface area contributed by atoms with Crippen molar-refractivity contribution in [2.45, 2.75) is 6.04 Å². The Morgan fingerprint density at radius 3 is 2.18 bits per heavy atom. The molecule has 0 bridgehead atoms. The summed E-state index contributed by atoms with van der Waals surface area (Å²) in [6.45, 7) is -0.108. The van der Waals surface area contributed by atoms with Gasteiger partial charge in [-0.1, -0.05) is 30.3 Å². The van der Waals surface area contributed by atoms with Crippen LogP contribution in [0, 0.1) is 0 Å². The summed E-state index contributed by atoms with van der Waals surface area (Å²) in [5.41, 5.74) is 2.91. The molecule has 0 radical (unpaired) electrons. The number of amides is 2. The Labute approximate surface area is 193 Å². The van der Waals surface area contributed by atoms with Crippen molar-refractivity contribution in [3.05, 3.63) is 78.4 Å². The van der Waals surface area contributed by atoms with Crippen LogP contribution < -0.4 is 24.2 Å². The average Bonchev–Trinajstić information content (AvgIpc) is 2.85. The molecular weight excluding hydrogens is 418 g/mol. The molecule has 3 aromatic rings. The Morgan fingerprint density at radius 2 is 1.58 bits per heavy atom. The minimum absolute atomic E-state index is 0.108. The molecule has 1 heterocycles. The molecule has 1 atom stereocenters. The average molecular weight is 446 g/mol. The molecule has 0 N–H and O–H groups in total. The molecule has 1 aliphatic rings. The predicted molar refractivity (Wildman–Crippen MR) is 129 cm³/mol. The molecule has 0 spiro atoms. The number of anilines is 3. The number of methoxy groups -OCH3 is 2. The second kappa shape index (κ2) is 9.24. The molecule has 0 saturated carbocycles. The largest absolute Gasteiger partial charge is 0.497 e. The first kappa shape index (κ1) is 22.2. The van der Waals surface area contributed by atoms with E-state index in [4.69, 9.17) is 9.47 Å². The maximum atomic E-state index is 14.0. The molecule has 3 aromatic carbocycles. The minimum Gasteiger partial charge on any atom is -0.497 e. The fourth-order valence-corrected chi connectivity index (χ4v) is 4.03. The van der Waals surface area contributed by atoms with Crippen LogP contribution in [0.1, 0.15) is 11.6 Å². The van der Waals surface area contributed by atoms with Crippen LogP contribution >= 0.6 is 0 Å². The maximum Gasteiger partial charge on any atom is 0.255 e. The summed E-state index contributed by atoms with van der Waals surface area (Å²) in [4.78, 5) is 32.5. The molecular formula is C26H27N3O4. The quantitative estimate of drug-likeness (QED) is 0.576. The van der Waals surface area contributed by atoms with Crippen LogP contribution in [-0.2, 0) is 9.59 Å². The van der Waals surface area contributed by atoms with Crippen LogP contribution in [0.4, 0.5) is 17.1 Å². The monoisotopic (exact) mass is 445 g/mol. The lowest BCUT2D eigenvalue weighted by atomic mass is 9.98. The van der Waals surface area contributed by atoms with Crippen LogP contribution in [0.25, 0.3) is 0 Å². The Balaban J connectivity index is 1.83. The van der Waals surface area contributed by atoms with Gasteiger partial charge in [0.15, 0.2) is 0 Å². The van der Waals surface area contributed by atoms with Gasteiger partial charge in [-0.3, -0.25) is 19.4 Å². The lowest BCUT2D eigenvalue weighted by Crippen LogP contribution is -2.56. The van der Waals surface area contributed by atoms with Gasteiger partial charge >= 0.3 is 0 Å². The molecule has 1 saturated heterocycles. The fraction of sp³-hybridized carbons (Fsp3) is 0.231. The first-order chi connectivity index (χ1) is 15.9. The number of hydrogen-bond acceptors (Lipinski definition) is 5. The second-order valence-electron chi connectivity index (χ2n) is 7.95. The third kappa shape index (κ3) is 4.22. The number of ether oxygens (including phenoxy) is 2. The van der Waals surface area contributed by atoms with Crippen molar-refractivity contribution < 1.29 is 19.1 Å². The van der Waals surface area contributed by atoms with Crippen molar-refractivity contribution in [3.63, 3.8) is 0 Å². The number of piperazine rings is 1. The third-order valence-electron chi connectivity index (χ3n) is 5.76. The smallest absolute Gasteiger partial charge is 0.255 e. The molecule has 2 amide bonds. The van der Waals surface area contributed by atoms with Gasteiger partial charge in [-0.15, -0.1) is 0 Å². The number of hydrogen-bond donors (Lipinski definition) is 0. The van der Waals surface area contributed by atoms with Gasteiger partial charge < -0.3 is 14.4 Å². The van der Waals surface area contributed by atoms with E-state index >= 15 is 0 Å². The van der Waals surface area contributed by atoms with Crippen LogP contribution in [0.15, 0.2) is 72.8 Å². The number of benzene rings is 3. The van der Waals surface area contributed by atoms with Crippen LogP contribution in [0.5, 0.6) is 11.5 Å². The highest BCUT2D eigenvalue weighted by Gasteiger charge is 2.42. The lowest BCUT2D eigenvalue weighted by molar-refractivity contribution is -0.128. The van der Waals surface area contributed by atoms with Gasteiger partial charge in [0.1, 0.15) is 24.1 Å². The third-order valence-corrected chi connectivity index (χ3v) is 5.76.